The minimum atomic E-state index is -2.14. The third kappa shape index (κ3) is 5.48. The van der Waals surface area contributed by atoms with E-state index in [2.05, 4.69) is 218 Å². The van der Waals surface area contributed by atoms with Crippen LogP contribution in [0.25, 0.3) is 94.8 Å². The largest absolute Gasteiger partial charge is 0.309 e. The molecular weight excluding hydrogens is 719 g/mol. The van der Waals surface area contributed by atoms with Gasteiger partial charge < -0.3 is 4.57 Å². The monoisotopic (exact) mass is 757 g/mol. The molecule has 11 rings (SSSR count). The molecule has 0 unspecified atom stereocenters. The Kier molecular flexibility index (Phi) is 7.95. The van der Waals surface area contributed by atoms with Gasteiger partial charge in [-0.1, -0.05) is 171 Å². The number of hydrogen-bond donors (Lipinski definition) is 0. The van der Waals surface area contributed by atoms with Crippen LogP contribution in [0.5, 0.6) is 0 Å². The summed E-state index contributed by atoms with van der Waals surface area (Å²) in [5.74, 6) is 0.753. The lowest BCUT2D eigenvalue weighted by molar-refractivity contribution is 1.18. The Morgan fingerprint density at radius 3 is 1.71 bits per heavy atom. The van der Waals surface area contributed by atoms with Crippen molar-refractivity contribution < 1.29 is 0 Å². The van der Waals surface area contributed by atoms with Gasteiger partial charge >= 0.3 is 0 Å². The summed E-state index contributed by atoms with van der Waals surface area (Å²) in [6.07, 6.45) is 0. The van der Waals surface area contributed by atoms with Crippen LogP contribution in [0.3, 0.4) is 0 Å². The highest BCUT2D eigenvalue weighted by atomic mass is 28.3. The molecule has 1 aliphatic heterocycles. The molecule has 0 amide bonds. The van der Waals surface area contributed by atoms with Crippen molar-refractivity contribution >= 4 is 40.3 Å². The molecule has 0 N–H and O–H groups in total. The van der Waals surface area contributed by atoms with Gasteiger partial charge in [0.1, 0.15) is 8.07 Å². The Morgan fingerprint density at radius 1 is 0.397 bits per heavy atom. The van der Waals surface area contributed by atoms with Crippen LogP contribution in [0.15, 0.2) is 200 Å². The minimum absolute atomic E-state index is 0.753. The maximum absolute atomic E-state index is 5.51. The summed E-state index contributed by atoms with van der Waals surface area (Å²) in [6.45, 7) is 4.89. The van der Waals surface area contributed by atoms with Gasteiger partial charge in [-0.3, -0.25) is 0 Å². The van der Waals surface area contributed by atoms with Gasteiger partial charge in [-0.05, 0) is 91.8 Å². The molecule has 58 heavy (non-hydrogen) atoms. The van der Waals surface area contributed by atoms with Crippen LogP contribution < -0.4 is 10.4 Å². The lowest BCUT2D eigenvalue weighted by Gasteiger charge is -2.22. The predicted octanol–water partition coefficient (Wildman–Crippen LogP) is 12.7. The van der Waals surface area contributed by atoms with Crippen molar-refractivity contribution in [3.8, 4) is 73.0 Å². The van der Waals surface area contributed by atoms with Crippen LogP contribution in [0.2, 0.25) is 13.1 Å². The van der Waals surface area contributed by atoms with Crippen LogP contribution >= 0.6 is 0 Å². The van der Waals surface area contributed by atoms with Crippen molar-refractivity contribution in [1.82, 2.24) is 14.5 Å². The summed E-state index contributed by atoms with van der Waals surface area (Å²) in [4.78, 5) is 10.9. The molecule has 4 heteroatoms. The number of aromatic nitrogens is 3. The topological polar surface area (TPSA) is 30.7 Å². The molecule has 274 valence electrons. The highest BCUT2D eigenvalue weighted by Crippen LogP contribution is 2.40. The molecular formula is C54H39N3Si. The van der Waals surface area contributed by atoms with Crippen molar-refractivity contribution in [3.05, 3.63) is 200 Å². The highest BCUT2D eigenvalue weighted by molar-refractivity contribution is 7.04. The first-order chi connectivity index (χ1) is 28.5. The van der Waals surface area contributed by atoms with E-state index < -0.39 is 8.07 Å². The zero-order valence-electron chi connectivity index (χ0n) is 32.4. The minimum Gasteiger partial charge on any atom is -0.309 e. The van der Waals surface area contributed by atoms with E-state index >= 15 is 0 Å². The molecule has 0 aliphatic carbocycles. The summed E-state index contributed by atoms with van der Waals surface area (Å²) in [6, 6.07) is 72.2. The normalized spacial score (nSPS) is 12.8. The molecule has 10 aromatic rings. The van der Waals surface area contributed by atoms with E-state index in [0.29, 0.717) is 0 Å². The van der Waals surface area contributed by atoms with Crippen LogP contribution in [-0.4, -0.2) is 22.6 Å². The number of nitrogens with zero attached hydrogens (tertiary/aromatic N) is 3. The van der Waals surface area contributed by atoms with Crippen molar-refractivity contribution in [2.45, 2.75) is 13.1 Å². The molecule has 3 nitrogen and oxygen atoms in total. The SMILES string of the molecule is C[Si]1(C)c2ccccc2-c2nc(-c3cccc(-c4ccccc4)c3)nc(-c3cccc(-c4cccc(-c5cccc6c5c5ccccc5n6-c5ccccc5)c4)c3)c21. The second kappa shape index (κ2) is 13.5. The molecule has 3 heterocycles. The maximum atomic E-state index is 5.51. The fourth-order valence-corrected chi connectivity index (χ4v) is 12.5. The van der Waals surface area contributed by atoms with Crippen molar-refractivity contribution in [1.29, 1.82) is 0 Å². The first kappa shape index (κ1) is 34.1. The zero-order valence-corrected chi connectivity index (χ0v) is 33.4. The second-order valence-electron chi connectivity index (χ2n) is 15.8. The van der Waals surface area contributed by atoms with Crippen LogP contribution in [0.4, 0.5) is 0 Å². The average Bonchev–Trinajstić information content (AvgIpc) is 3.75. The van der Waals surface area contributed by atoms with Gasteiger partial charge in [0, 0.05) is 27.6 Å². The van der Waals surface area contributed by atoms with E-state index in [9.17, 15) is 0 Å². The predicted molar refractivity (Wildman–Crippen MR) is 246 cm³/mol. The Hall–Kier alpha value is -7.14. The second-order valence-corrected chi connectivity index (χ2v) is 20.1. The standard InChI is InChI=1S/C54H39N3Si/c1-58(2)49-32-12-10-28-46(49)52-53(58)51(55-54(56-52)42-24-15-19-37(35-42)36-17-5-3-6-18-36)41-23-14-21-39(34-41)38-20-13-22-40(33-38)44-29-16-31-48-50(44)45-27-9-11-30-47(45)57(48)43-25-7-4-8-26-43/h3-35H,1-2H3. The fraction of sp³-hybridized carbons (Fsp3) is 0.0370. The molecule has 1 aliphatic rings. The maximum Gasteiger partial charge on any atom is 0.160 e. The smallest absolute Gasteiger partial charge is 0.160 e. The lowest BCUT2D eigenvalue weighted by Crippen LogP contribution is -2.50. The number of rotatable bonds is 6. The first-order valence-corrected chi connectivity index (χ1v) is 23.0. The van der Waals surface area contributed by atoms with Gasteiger partial charge in [0.25, 0.3) is 0 Å². The van der Waals surface area contributed by atoms with Gasteiger partial charge in [0.15, 0.2) is 5.82 Å². The Labute approximate surface area is 339 Å². The quantitative estimate of drug-likeness (QED) is 0.158. The summed E-state index contributed by atoms with van der Waals surface area (Å²) in [5.41, 5.74) is 16.1. The third-order valence-electron chi connectivity index (χ3n) is 12.0. The van der Waals surface area contributed by atoms with E-state index in [1.807, 2.05) is 0 Å². The van der Waals surface area contributed by atoms with E-state index in [-0.39, 0.29) is 0 Å². The van der Waals surface area contributed by atoms with Gasteiger partial charge in [-0.2, -0.15) is 0 Å². The van der Waals surface area contributed by atoms with Crippen molar-refractivity contribution in [2.75, 3.05) is 0 Å². The summed E-state index contributed by atoms with van der Waals surface area (Å²) < 4.78 is 2.39. The van der Waals surface area contributed by atoms with Crippen LogP contribution in [0.1, 0.15) is 0 Å². The zero-order chi connectivity index (χ0) is 38.8. The first-order valence-electron chi connectivity index (χ1n) is 20.0. The average molecular weight is 758 g/mol. The van der Waals surface area contributed by atoms with E-state index in [0.717, 1.165) is 45.2 Å². The summed E-state index contributed by atoms with van der Waals surface area (Å²) >= 11 is 0. The Bertz CT molecular complexity index is 3200. The molecule has 0 spiro atoms. The molecule has 0 radical (unpaired) electrons. The lowest BCUT2D eigenvalue weighted by atomic mass is 9.95. The van der Waals surface area contributed by atoms with Gasteiger partial charge in [0.2, 0.25) is 0 Å². The Morgan fingerprint density at radius 2 is 0.914 bits per heavy atom. The van der Waals surface area contributed by atoms with Gasteiger partial charge in [-0.25, -0.2) is 9.97 Å². The number of benzene rings is 8. The molecule has 0 fully saturated rings. The van der Waals surface area contributed by atoms with Gasteiger partial charge in [-0.15, -0.1) is 0 Å². The van der Waals surface area contributed by atoms with Crippen molar-refractivity contribution in [3.63, 3.8) is 0 Å². The number of fused-ring (bicyclic) bond motifs is 6. The van der Waals surface area contributed by atoms with E-state index in [4.69, 9.17) is 9.97 Å². The Balaban J connectivity index is 1.06. The molecule has 0 bridgehead atoms. The highest BCUT2D eigenvalue weighted by Gasteiger charge is 2.41. The number of para-hydroxylation sites is 2. The molecule has 0 saturated carbocycles. The van der Waals surface area contributed by atoms with E-state index in [1.54, 1.807) is 0 Å². The van der Waals surface area contributed by atoms with Crippen LogP contribution in [-0.2, 0) is 0 Å². The summed E-state index contributed by atoms with van der Waals surface area (Å²) in [7, 11) is -2.14. The van der Waals surface area contributed by atoms with E-state index in [1.165, 1.54) is 60.0 Å². The molecule has 0 atom stereocenters. The molecule has 8 aromatic carbocycles. The third-order valence-corrected chi connectivity index (χ3v) is 15.5. The molecule has 2 aromatic heterocycles. The summed E-state index contributed by atoms with van der Waals surface area (Å²) in [5, 5.41) is 5.24. The van der Waals surface area contributed by atoms with Crippen LogP contribution in [0, 0.1) is 0 Å². The number of hydrogen-bond acceptors (Lipinski definition) is 2. The van der Waals surface area contributed by atoms with Crippen molar-refractivity contribution in [2.24, 2.45) is 0 Å². The molecule has 0 saturated heterocycles. The van der Waals surface area contributed by atoms with Gasteiger partial charge in [0.05, 0.1) is 22.4 Å². The fourth-order valence-electron chi connectivity index (χ4n) is 9.25.